The van der Waals surface area contributed by atoms with Gasteiger partial charge in [-0.2, -0.15) is 0 Å². The summed E-state index contributed by atoms with van der Waals surface area (Å²) in [6, 6.07) is 2.16. The highest BCUT2D eigenvalue weighted by Gasteiger charge is 2.34. The van der Waals surface area contributed by atoms with E-state index >= 15 is 0 Å². The molecule has 1 aliphatic rings. The summed E-state index contributed by atoms with van der Waals surface area (Å²) in [5.41, 5.74) is 0. The molecule has 1 atom stereocenters. The minimum atomic E-state index is -0.581. The third-order valence-corrected chi connectivity index (χ3v) is 4.24. The van der Waals surface area contributed by atoms with Crippen LogP contribution >= 0.6 is 11.3 Å². The Morgan fingerprint density at radius 3 is 2.76 bits per heavy atom. The summed E-state index contributed by atoms with van der Waals surface area (Å²) >= 11 is 0.829. The van der Waals surface area contributed by atoms with Crippen LogP contribution in [0, 0.1) is 10.1 Å². The molecule has 9 heteroatoms. The van der Waals surface area contributed by atoms with E-state index in [1.54, 1.807) is 14.1 Å². The molecule has 0 spiro atoms. The number of nitro groups is 1. The van der Waals surface area contributed by atoms with Crippen LogP contribution in [0.4, 0.5) is 5.00 Å². The van der Waals surface area contributed by atoms with Crippen molar-refractivity contribution in [1.29, 1.82) is 0 Å². The first-order valence-corrected chi connectivity index (χ1v) is 7.20. The first-order valence-electron chi connectivity index (χ1n) is 6.39. The molecule has 1 saturated heterocycles. The van der Waals surface area contributed by atoms with Crippen molar-refractivity contribution in [1.82, 2.24) is 15.1 Å². The van der Waals surface area contributed by atoms with E-state index in [9.17, 15) is 19.7 Å². The minimum Gasteiger partial charge on any atom is -0.347 e. The maximum absolute atomic E-state index is 12.5. The largest absolute Gasteiger partial charge is 0.347 e. The van der Waals surface area contributed by atoms with E-state index in [0.717, 1.165) is 11.3 Å². The monoisotopic (exact) mass is 312 g/mol. The van der Waals surface area contributed by atoms with Crippen LogP contribution in [0.25, 0.3) is 0 Å². The average Bonchev–Trinajstić information content (AvgIpc) is 2.95. The van der Waals surface area contributed by atoms with E-state index in [2.05, 4.69) is 5.32 Å². The first kappa shape index (κ1) is 15.4. The highest BCUT2D eigenvalue weighted by Crippen LogP contribution is 2.26. The van der Waals surface area contributed by atoms with Crippen molar-refractivity contribution in [2.24, 2.45) is 0 Å². The van der Waals surface area contributed by atoms with E-state index < -0.39 is 11.0 Å². The van der Waals surface area contributed by atoms with Crippen LogP contribution in [-0.2, 0) is 4.79 Å². The van der Waals surface area contributed by atoms with Crippen molar-refractivity contribution in [2.45, 2.75) is 6.04 Å². The van der Waals surface area contributed by atoms with Gasteiger partial charge in [0.05, 0.1) is 9.80 Å². The predicted octanol–water partition coefficient (Wildman–Crippen LogP) is 0.159. The van der Waals surface area contributed by atoms with Crippen molar-refractivity contribution in [3.63, 3.8) is 0 Å². The third-order valence-electron chi connectivity index (χ3n) is 3.21. The number of piperazine rings is 1. The zero-order valence-electron chi connectivity index (χ0n) is 11.7. The molecule has 8 nitrogen and oxygen atoms in total. The molecule has 0 aliphatic carbocycles. The molecule has 0 bridgehead atoms. The van der Waals surface area contributed by atoms with Crippen molar-refractivity contribution in [3.05, 3.63) is 27.1 Å². The van der Waals surface area contributed by atoms with Gasteiger partial charge in [0, 0.05) is 39.8 Å². The van der Waals surface area contributed by atoms with Gasteiger partial charge in [0.25, 0.3) is 5.91 Å². The van der Waals surface area contributed by atoms with Crippen LogP contribution in [0.15, 0.2) is 12.1 Å². The summed E-state index contributed by atoms with van der Waals surface area (Å²) in [5.74, 6) is -0.503. The number of hydrogen-bond acceptors (Lipinski definition) is 6. The lowest BCUT2D eigenvalue weighted by atomic mass is 10.1. The second-order valence-corrected chi connectivity index (χ2v) is 5.91. The van der Waals surface area contributed by atoms with Crippen molar-refractivity contribution < 1.29 is 14.5 Å². The Morgan fingerprint density at radius 2 is 2.19 bits per heavy atom. The van der Waals surface area contributed by atoms with E-state index in [1.165, 1.54) is 21.9 Å². The van der Waals surface area contributed by atoms with Crippen molar-refractivity contribution in [2.75, 3.05) is 33.7 Å². The number of likely N-dealkylation sites (N-methyl/N-ethyl adjacent to an activating group) is 1. The maximum Gasteiger partial charge on any atom is 0.324 e. The Bertz CT molecular complexity index is 571. The normalized spacial score (nSPS) is 18.4. The summed E-state index contributed by atoms with van der Waals surface area (Å²) in [4.78, 5) is 38.0. The van der Waals surface area contributed by atoms with Gasteiger partial charge in [-0.1, -0.05) is 11.3 Å². The molecule has 114 valence electrons. The molecule has 2 rings (SSSR count). The summed E-state index contributed by atoms with van der Waals surface area (Å²) < 4.78 is 0. The molecular formula is C12H16N4O4S. The molecule has 0 saturated carbocycles. The molecule has 1 N–H and O–H groups in total. The Hall–Kier alpha value is -2.00. The van der Waals surface area contributed by atoms with E-state index in [-0.39, 0.29) is 21.7 Å². The Morgan fingerprint density at radius 1 is 1.48 bits per heavy atom. The molecule has 2 heterocycles. The fourth-order valence-corrected chi connectivity index (χ4v) is 2.92. The number of carbonyl (C=O) groups excluding carboxylic acids is 2. The van der Waals surface area contributed by atoms with Crippen LogP contribution in [0.1, 0.15) is 9.67 Å². The zero-order chi connectivity index (χ0) is 15.6. The Kier molecular flexibility index (Phi) is 4.53. The van der Waals surface area contributed by atoms with Gasteiger partial charge in [0.1, 0.15) is 6.04 Å². The number of hydrogen-bond donors (Lipinski definition) is 1. The summed E-state index contributed by atoms with van der Waals surface area (Å²) in [6.07, 6.45) is 0. The van der Waals surface area contributed by atoms with Gasteiger partial charge >= 0.3 is 5.00 Å². The first-order chi connectivity index (χ1) is 9.91. The zero-order valence-corrected chi connectivity index (χ0v) is 12.6. The van der Waals surface area contributed by atoms with E-state index in [1.807, 2.05) is 0 Å². The number of thiophene rings is 1. The van der Waals surface area contributed by atoms with Crippen LogP contribution in [0.5, 0.6) is 0 Å². The fraction of sp³-hybridized carbons (Fsp3) is 0.500. The second-order valence-electron chi connectivity index (χ2n) is 4.85. The number of carbonyl (C=O) groups is 2. The lowest BCUT2D eigenvalue weighted by Crippen LogP contribution is -2.59. The van der Waals surface area contributed by atoms with E-state index in [0.29, 0.717) is 19.6 Å². The quantitative estimate of drug-likeness (QED) is 0.633. The highest BCUT2D eigenvalue weighted by molar-refractivity contribution is 7.17. The molecule has 1 unspecified atom stereocenters. The standard InChI is InChI=1S/C12H16N4O4S/c1-14(2)11(17)8-7-13-5-6-15(8)12(18)9-3-4-10(21-9)16(19)20/h3-4,8,13H,5-7H2,1-2H3. The van der Waals surface area contributed by atoms with Crippen molar-refractivity contribution in [3.8, 4) is 0 Å². The molecule has 2 amide bonds. The van der Waals surface area contributed by atoms with Gasteiger partial charge < -0.3 is 15.1 Å². The SMILES string of the molecule is CN(C)C(=O)C1CNCCN1C(=O)c1ccc([N+](=O)[O-])s1. The molecule has 1 aromatic rings. The molecular weight excluding hydrogens is 296 g/mol. The van der Waals surface area contributed by atoms with Crippen LogP contribution in [0.2, 0.25) is 0 Å². The van der Waals surface area contributed by atoms with Crippen molar-refractivity contribution >= 4 is 28.2 Å². The molecule has 0 aromatic carbocycles. The maximum atomic E-state index is 12.5. The molecule has 21 heavy (non-hydrogen) atoms. The third kappa shape index (κ3) is 3.19. The van der Waals surface area contributed by atoms with Gasteiger partial charge in [-0.25, -0.2) is 0 Å². The number of rotatable bonds is 3. The van der Waals surface area contributed by atoms with Gasteiger partial charge in [0.2, 0.25) is 5.91 Å². The molecule has 0 radical (unpaired) electrons. The lowest BCUT2D eigenvalue weighted by Gasteiger charge is -2.36. The topological polar surface area (TPSA) is 95.8 Å². The Labute approximate surface area is 125 Å². The number of amides is 2. The molecule has 1 fully saturated rings. The molecule has 1 aliphatic heterocycles. The second kappa shape index (κ2) is 6.19. The highest BCUT2D eigenvalue weighted by atomic mass is 32.1. The van der Waals surface area contributed by atoms with Gasteiger partial charge in [-0.15, -0.1) is 0 Å². The summed E-state index contributed by atoms with van der Waals surface area (Å²) in [5, 5.41) is 13.7. The van der Waals surface area contributed by atoms with Crippen LogP contribution in [0.3, 0.4) is 0 Å². The fourth-order valence-electron chi connectivity index (χ4n) is 2.15. The summed E-state index contributed by atoms with van der Waals surface area (Å²) in [7, 11) is 3.27. The van der Waals surface area contributed by atoms with Gasteiger partial charge in [-0.05, 0) is 6.07 Å². The molecule has 1 aromatic heterocycles. The number of nitrogens with one attached hydrogen (secondary N) is 1. The number of nitrogens with zero attached hydrogens (tertiary/aromatic N) is 3. The predicted molar refractivity (Wildman–Crippen MR) is 77.4 cm³/mol. The lowest BCUT2D eigenvalue weighted by molar-refractivity contribution is -0.380. The van der Waals surface area contributed by atoms with Gasteiger partial charge in [0.15, 0.2) is 0 Å². The van der Waals surface area contributed by atoms with Crippen LogP contribution < -0.4 is 5.32 Å². The Balaban J connectivity index is 2.21. The minimum absolute atomic E-state index is 0.0797. The summed E-state index contributed by atoms with van der Waals surface area (Å²) in [6.45, 7) is 1.38. The smallest absolute Gasteiger partial charge is 0.324 e. The van der Waals surface area contributed by atoms with E-state index in [4.69, 9.17) is 0 Å². The van der Waals surface area contributed by atoms with Crippen LogP contribution in [-0.4, -0.2) is 66.3 Å². The average molecular weight is 312 g/mol. The van der Waals surface area contributed by atoms with Gasteiger partial charge in [-0.3, -0.25) is 19.7 Å².